The van der Waals surface area contributed by atoms with Crippen molar-refractivity contribution in [3.05, 3.63) is 77.6 Å². The van der Waals surface area contributed by atoms with Crippen molar-refractivity contribution in [3.63, 3.8) is 0 Å². The van der Waals surface area contributed by atoms with Crippen molar-refractivity contribution in [1.82, 2.24) is 9.97 Å². The van der Waals surface area contributed by atoms with Crippen LogP contribution in [0, 0.1) is 0 Å². The maximum Gasteiger partial charge on any atom is 0.301 e. The monoisotopic (exact) mass is 559 g/mol. The number of hydrogen-bond donors (Lipinski definition) is 1. The molecule has 4 aromatic rings. The van der Waals surface area contributed by atoms with E-state index in [-0.39, 0.29) is 11.3 Å². The summed E-state index contributed by atoms with van der Waals surface area (Å²) in [6.07, 6.45) is 6.06. The second kappa shape index (κ2) is 11.7. The number of benzene rings is 2. The first-order valence-electron chi connectivity index (χ1n) is 12.9. The van der Waals surface area contributed by atoms with E-state index in [1.807, 2.05) is 6.07 Å². The lowest BCUT2D eigenvalue weighted by molar-refractivity contribution is -0.132. The number of carbonyl (C=O) groups excluding carboxylic acids is 2. The topological polar surface area (TPSA) is 111 Å². The van der Waals surface area contributed by atoms with Crippen LogP contribution in [0.2, 0.25) is 0 Å². The summed E-state index contributed by atoms with van der Waals surface area (Å²) in [5, 5.41) is 11.6. The molecule has 1 saturated heterocycles. The van der Waals surface area contributed by atoms with Crippen molar-refractivity contribution in [1.29, 1.82) is 0 Å². The molecular weight excluding hydrogens is 530 g/mol. The first kappa shape index (κ1) is 27.1. The van der Waals surface area contributed by atoms with Crippen LogP contribution in [0.25, 0.3) is 16.0 Å². The molecule has 2 aromatic heterocycles. The molecule has 5 rings (SSSR count). The minimum absolute atomic E-state index is 0.0493. The number of aliphatic hydroxyl groups excluding tert-OH is 1. The van der Waals surface area contributed by atoms with Crippen LogP contribution in [-0.4, -0.2) is 47.6 Å². The Morgan fingerprint density at radius 1 is 1.00 bits per heavy atom. The van der Waals surface area contributed by atoms with Crippen LogP contribution >= 0.6 is 11.3 Å². The fourth-order valence-corrected chi connectivity index (χ4v) is 5.66. The molecule has 0 radical (unpaired) electrons. The van der Waals surface area contributed by atoms with Gasteiger partial charge in [-0.25, -0.2) is 4.98 Å². The molecule has 2 aromatic carbocycles. The highest BCUT2D eigenvalue weighted by Crippen LogP contribution is 2.46. The fourth-order valence-electron chi connectivity index (χ4n) is 4.64. The summed E-state index contributed by atoms with van der Waals surface area (Å²) in [6.45, 7) is 2.67. The summed E-state index contributed by atoms with van der Waals surface area (Å²) in [5.41, 5.74) is 1.54. The molecule has 0 bridgehead atoms. The third kappa shape index (κ3) is 5.10. The number of anilines is 1. The highest BCUT2D eigenvalue weighted by molar-refractivity contribution is 7.22. The van der Waals surface area contributed by atoms with Crippen LogP contribution < -0.4 is 19.1 Å². The molecule has 10 heteroatoms. The van der Waals surface area contributed by atoms with Gasteiger partial charge < -0.3 is 19.3 Å². The van der Waals surface area contributed by atoms with E-state index in [9.17, 15) is 14.7 Å². The summed E-state index contributed by atoms with van der Waals surface area (Å²) < 4.78 is 17.7. The molecule has 0 spiro atoms. The normalized spacial score (nSPS) is 16.5. The maximum absolute atomic E-state index is 13.6. The third-order valence-corrected chi connectivity index (χ3v) is 7.71. The molecular formula is C30H29N3O6S. The Bertz CT molecular complexity index is 1580. The number of carbonyl (C=O) groups is 2. The Morgan fingerprint density at radius 3 is 2.52 bits per heavy atom. The fraction of sp³-hybridized carbons (Fsp3) is 0.267. The number of thiazole rings is 1. The van der Waals surface area contributed by atoms with Crippen LogP contribution in [0.5, 0.6) is 17.2 Å². The second-order valence-corrected chi connectivity index (χ2v) is 10.2. The summed E-state index contributed by atoms with van der Waals surface area (Å²) in [7, 11) is 3.11. The number of amides is 1. The number of fused-ring (bicyclic) bond motifs is 1. The zero-order valence-corrected chi connectivity index (χ0v) is 23.2. The van der Waals surface area contributed by atoms with Gasteiger partial charge in [-0.2, -0.15) is 0 Å². The van der Waals surface area contributed by atoms with Gasteiger partial charge in [0.15, 0.2) is 16.6 Å². The zero-order chi connectivity index (χ0) is 28.2. The molecule has 0 aliphatic carbocycles. The van der Waals surface area contributed by atoms with E-state index >= 15 is 0 Å². The molecule has 0 saturated carbocycles. The van der Waals surface area contributed by atoms with Crippen molar-refractivity contribution in [2.24, 2.45) is 0 Å². The molecule has 1 atom stereocenters. The van der Waals surface area contributed by atoms with Gasteiger partial charge in [-0.05, 0) is 54.4 Å². The number of methoxy groups -OCH3 is 2. The molecule has 1 amide bonds. The number of ether oxygens (including phenoxy) is 3. The van der Waals surface area contributed by atoms with Crippen LogP contribution in [0.4, 0.5) is 5.13 Å². The van der Waals surface area contributed by atoms with Crippen molar-refractivity contribution < 1.29 is 28.9 Å². The highest BCUT2D eigenvalue weighted by Gasteiger charge is 2.48. The van der Waals surface area contributed by atoms with Gasteiger partial charge in [-0.15, -0.1) is 0 Å². The number of pyridine rings is 1. The van der Waals surface area contributed by atoms with E-state index < -0.39 is 17.7 Å². The second-order valence-electron chi connectivity index (χ2n) is 9.20. The smallest absolute Gasteiger partial charge is 0.301 e. The average Bonchev–Trinajstić information content (AvgIpc) is 3.52. The third-order valence-electron chi connectivity index (χ3n) is 6.70. The molecule has 40 heavy (non-hydrogen) atoms. The number of aliphatic hydroxyl groups is 1. The number of rotatable bonds is 10. The molecule has 1 aliphatic rings. The van der Waals surface area contributed by atoms with Crippen molar-refractivity contribution in [2.75, 3.05) is 25.7 Å². The van der Waals surface area contributed by atoms with Gasteiger partial charge in [0.05, 0.1) is 42.7 Å². The molecule has 1 unspecified atom stereocenters. The number of aromatic nitrogens is 2. The predicted octanol–water partition coefficient (Wildman–Crippen LogP) is 5.90. The average molecular weight is 560 g/mol. The van der Waals surface area contributed by atoms with Gasteiger partial charge in [0.1, 0.15) is 11.5 Å². The molecule has 9 nitrogen and oxygen atoms in total. The maximum atomic E-state index is 13.6. The largest absolute Gasteiger partial charge is 0.507 e. The summed E-state index contributed by atoms with van der Waals surface area (Å²) >= 11 is 1.26. The van der Waals surface area contributed by atoms with Gasteiger partial charge in [0, 0.05) is 18.0 Å². The van der Waals surface area contributed by atoms with Gasteiger partial charge in [-0.3, -0.25) is 19.5 Å². The van der Waals surface area contributed by atoms with Gasteiger partial charge >= 0.3 is 5.91 Å². The lowest BCUT2D eigenvalue weighted by Gasteiger charge is -2.24. The van der Waals surface area contributed by atoms with Gasteiger partial charge in [-0.1, -0.05) is 37.2 Å². The Hall–Kier alpha value is -4.44. The number of hydrogen-bond acceptors (Lipinski definition) is 9. The van der Waals surface area contributed by atoms with E-state index in [0.29, 0.717) is 45.6 Å². The van der Waals surface area contributed by atoms with E-state index in [4.69, 9.17) is 14.2 Å². The number of ketones is 1. The zero-order valence-electron chi connectivity index (χ0n) is 22.4. The quantitative estimate of drug-likeness (QED) is 0.111. The van der Waals surface area contributed by atoms with E-state index in [0.717, 1.165) is 24.0 Å². The summed E-state index contributed by atoms with van der Waals surface area (Å²) in [6, 6.07) is 12.9. The van der Waals surface area contributed by atoms with E-state index in [2.05, 4.69) is 16.9 Å². The number of nitrogens with zero attached hydrogens (tertiary/aromatic N) is 3. The Morgan fingerprint density at radius 2 is 1.80 bits per heavy atom. The predicted molar refractivity (Wildman–Crippen MR) is 153 cm³/mol. The summed E-state index contributed by atoms with van der Waals surface area (Å²) in [4.78, 5) is 37.1. The molecule has 1 N–H and O–H groups in total. The van der Waals surface area contributed by atoms with Crippen molar-refractivity contribution >= 4 is 44.1 Å². The van der Waals surface area contributed by atoms with Crippen molar-refractivity contribution in [3.8, 4) is 17.2 Å². The van der Waals surface area contributed by atoms with Gasteiger partial charge in [0.25, 0.3) is 5.78 Å². The van der Waals surface area contributed by atoms with E-state index in [1.165, 1.54) is 35.7 Å². The van der Waals surface area contributed by atoms with Crippen LogP contribution in [-0.2, 0) is 9.59 Å². The SMILES string of the molecule is CCCCCOc1ccc(C2/C(=C(\O)c3ccncc3)C(=O)C(=O)N2c2nc3ccc(OC)cc3s2)cc1OC. The molecule has 3 heterocycles. The first-order chi connectivity index (χ1) is 19.5. The molecule has 206 valence electrons. The Kier molecular flexibility index (Phi) is 7.97. The van der Waals surface area contributed by atoms with Crippen molar-refractivity contribution in [2.45, 2.75) is 32.2 Å². The van der Waals surface area contributed by atoms with Crippen LogP contribution in [0.15, 0.2) is 66.5 Å². The minimum Gasteiger partial charge on any atom is -0.507 e. The standard InChI is InChI=1S/C30H29N3O6S/c1-4-5-6-15-39-22-10-7-19(16-23(22)38-3)26-25(27(34)18-11-13-31-14-12-18)28(35)29(36)33(26)30-32-21-9-8-20(37-2)17-24(21)40-30/h7-14,16-17,26,34H,4-6,15H2,1-3H3/b27-25+. The minimum atomic E-state index is -0.960. The van der Waals surface area contributed by atoms with Crippen LogP contribution in [0.1, 0.15) is 43.4 Å². The summed E-state index contributed by atoms with van der Waals surface area (Å²) in [5.74, 6) is -0.230. The molecule has 1 fully saturated rings. The lowest BCUT2D eigenvalue weighted by atomic mass is 9.95. The number of Topliss-reactive ketones (excluding diaryl/α,β-unsaturated/α-hetero) is 1. The van der Waals surface area contributed by atoms with Crippen LogP contribution in [0.3, 0.4) is 0 Å². The van der Waals surface area contributed by atoms with Gasteiger partial charge in [0.2, 0.25) is 0 Å². The van der Waals surface area contributed by atoms with E-state index in [1.54, 1.807) is 49.6 Å². The molecule has 1 aliphatic heterocycles. The number of unbranched alkanes of at least 4 members (excludes halogenated alkanes) is 2. The Labute approximate surface area is 235 Å². The highest BCUT2D eigenvalue weighted by atomic mass is 32.1. The Balaban J connectivity index is 1.64. The lowest BCUT2D eigenvalue weighted by Crippen LogP contribution is -2.29. The first-order valence-corrected chi connectivity index (χ1v) is 13.7.